The quantitative estimate of drug-likeness (QED) is 0.599. The number of halogens is 2. The van der Waals surface area contributed by atoms with E-state index in [2.05, 4.69) is 15.9 Å². The standard InChI is InChI=1S/C6H5BBrFO3/c8-4-2-1-3(7(11)12)6(10)5(4)9/h1-2,10-12H. The summed E-state index contributed by atoms with van der Waals surface area (Å²) in [5, 5.41) is 26.3. The third kappa shape index (κ3) is 1.60. The molecule has 0 aromatic heterocycles. The molecule has 64 valence electrons. The summed E-state index contributed by atoms with van der Waals surface area (Å²) in [7, 11) is -1.87. The van der Waals surface area contributed by atoms with Gasteiger partial charge in [-0.05, 0) is 22.0 Å². The van der Waals surface area contributed by atoms with Gasteiger partial charge in [0.1, 0.15) is 0 Å². The molecular weight excluding hydrogens is 230 g/mol. The molecule has 3 nitrogen and oxygen atoms in total. The highest BCUT2D eigenvalue weighted by atomic mass is 79.9. The number of benzene rings is 1. The van der Waals surface area contributed by atoms with Crippen molar-refractivity contribution in [3.8, 4) is 5.75 Å². The molecule has 0 aliphatic carbocycles. The van der Waals surface area contributed by atoms with Crippen LogP contribution in [0.5, 0.6) is 5.75 Å². The summed E-state index contributed by atoms with van der Waals surface area (Å²) in [6.07, 6.45) is 0. The van der Waals surface area contributed by atoms with Crippen LogP contribution in [0.3, 0.4) is 0 Å². The van der Waals surface area contributed by atoms with Gasteiger partial charge in [-0.1, -0.05) is 6.07 Å². The molecule has 0 saturated heterocycles. The molecule has 6 heteroatoms. The number of aromatic hydroxyl groups is 1. The molecule has 0 aliphatic heterocycles. The van der Waals surface area contributed by atoms with E-state index < -0.39 is 18.7 Å². The van der Waals surface area contributed by atoms with Crippen LogP contribution in [0, 0.1) is 5.82 Å². The van der Waals surface area contributed by atoms with Gasteiger partial charge in [-0.15, -0.1) is 0 Å². The first-order valence-electron chi connectivity index (χ1n) is 3.07. The number of rotatable bonds is 1. The average Bonchev–Trinajstić information content (AvgIpc) is 2.00. The van der Waals surface area contributed by atoms with Crippen molar-refractivity contribution in [2.24, 2.45) is 0 Å². The van der Waals surface area contributed by atoms with Crippen molar-refractivity contribution < 1.29 is 19.5 Å². The van der Waals surface area contributed by atoms with Gasteiger partial charge < -0.3 is 15.2 Å². The van der Waals surface area contributed by atoms with Gasteiger partial charge in [0.25, 0.3) is 0 Å². The van der Waals surface area contributed by atoms with Gasteiger partial charge in [0.15, 0.2) is 11.6 Å². The second-order valence-electron chi connectivity index (χ2n) is 2.17. The van der Waals surface area contributed by atoms with E-state index >= 15 is 0 Å². The molecule has 12 heavy (non-hydrogen) atoms. The van der Waals surface area contributed by atoms with E-state index in [9.17, 15) is 4.39 Å². The van der Waals surface area contributed by atoms with Gasteiger partial charge in [-0.3, -0.25) is 0 Å². The zero-order valence-corrected chi connectivity index (χ0v) is 7.42. The zero-order chi connectivity index (χ0) is 9.30. The molecule has 1 aromatic rings. The number of phenols is 1. The highest BCUT2D eigenvalue weighted by Crippen LogP contribution is 2.21. The Morgan fingerprint density at radius 3 is 2.42 bits per heavy atom. The Morgan fingerprint density at radius 1 is 1.33 bits per heavy atom. The highest BCUT2D eigenvalue weighted by Gasteiger charge is 2.19. The second kappa shape index (κ2) is 3.43. The van der Waals surface area contributed by atoms with Crippen molar-refractivity contribution in [1.29, 1.82) is 0 Å². The first-order valence-corrected chi connectivity index (χ1v) is 3.86. The molecular formula is C6H5BBrFO3. The molecule has 0 bridgehead atoms. The van der Waals surface area contributed by atoms with Gasteiger partial charge in [0.2, 0.25) is 0 Å². The second-order valence-corrected chi connectivity index (χ2v) is 3.03. The fraction of sp³-hybridized carbons (Fsp3) is 0. The third-order valence-electron chi connectivity index (χ3n) is 1.38. The van der Waals surface area contributed by atoms with E-state index in [1.165, 1.54) is 12.1 Å². The van der Waals surface area contributed by atoms with Crippen molar-refractivity contribution in [1.82, 2.24) is 0 Å². The van der Waals surface area contributed by atoms with Crippen LogP contribution in [0.4, 0.5) is 4.39 Å². The van der Waals surface area contributed by atoms with Crippen LogP contribution < -0.4 is 5.46 Å². The summed E-state index contributed by atoms with van der Waals surface area (Å²) < 4.78 is 12.9. The molecule has 0 saturated carbocycles. The van der Waals surface area contributed by atoms with Crippen molar-refractivity contribution in [3.05, 3.63) is 22.4 Å². The Kier molecular flexibility index (Phi) is 2.71. The molecule has 0 aliphatic rings. The van der Waals surface area contributed by atoms with Gasteiger partial charge >= 0.3 is 7.12 Å². The lowest BCUT2D eigenvalue weighted by molar-refractivity contribution is 0.409. The third-order valence-corrected chi connectivity index (χ3v) is 1.99. The molecule has 0 unspecified atom stereocenters. The summed E-state index contributed by atoms with van der Waals surface area (Å²) in [5.74, 6) is -1.65. The van der Waals surface area contributed by atoms with E-state index in [-0.39, 0.29) is 9.94 Å². The number of hydrogen-bond acceptors (Lipinski definition) is 3. The monoisotopic (exact) mass is 234 g/mol. The van der Waals surface area contributed by atoms with Gasteiger partial charge in [0.05, 0.1) is 4.47 Å². The molecule has 0 fully saturated rings. The van der Waals surface area contributed by atoms with E-state index in [1.807, 2.05) is 0 Å². The Labute approximate surface area is 76.7 Å². The van der Waals surface area contributed by atoms with E-state index in [4.69, 9.17) is 15.2 Å². The topological polar surface area (TPSA) is 60.7 Å². The van der Waals surface area contributed by atoms with Gasteiger partial charge in [-0.25, -0.2) is 4.39 Å². The molecule has 1 rings (SSSR count). The van der Waals surface area contributed by atoms with E-state index in [1.54, 1.807) is 0 Å². The molecule has 0 radical (unpaired) electrons. The average molecular weight is 235 g/mol. The SMILES string of the molecule is OB(O)c1ccc(Br)c(F)c1O. The Hall–Kier alpha value is -0.585. The summed E-state index contributed by atoms with van der Waals surface area (Å²) >= 11 is 2.83. The smallest absolute Gasteiger partial charge is 0.492 e. The maximum absolute atomic E-state index is 12.8. The Balaban J connectivity index is 3.27. The summed E-state index contributed by atoms with van der Waals surface area (Å²) in [4.78, 5) is 0. The minimum absolute atomic E-state index is 0.0735. The molecule has 0 amide bonds. The molecule has 3 N–H and O–H groups in total. The lowest BCUT2D eigenvalue weighted by atomic mass is 9.79. The first-order chi connectivity index (χ1) is 5.54. The van der Waals surface area contributed by atoms with Gasteiger partial charge in [0, 0.05) is 5.46 Å². The highest BCUT2D eigenvalue weighted by molar-refractivity contribution is 9.10. The number of hydrogen-bond donors (Lipinski definition) is 3. The summed E-state index contributed by atoms with van der Waals surface area (Å²) in [5.41, 5.74) is -0.254. The minimum Gasteiger partial charge on any atom is -0.505 e. The van der Waals surface area contributed by atoms with Crippen molar-refractivity contribution >= 4 is 28.5 Å². The molecule has 0 atom stereocenters. The Morgan fingerprint density at radius 2 is 1.92 bits per heavy atom. The van der Waals surface area contributed by atoms with Crippen molar-refractivity contribution in [2.75, 3.05) is 0 Å². The normalized spacial score (nSPS) is 10.0. The lowest BCUT2D eigenvalue weighted by Gasteiger charge is -2.04. The summed E-state index contributed by atoms with van der Waals surface area (Å²) in [6, 6.07) is 2.50. The molecule has 1 aromatic carbocycles. The van der Waals surface area contributed by atoms with Crippen LogP contribution in [-0.2, 0) is 0 Å². The first kappa shape index (κ1) is 9.50. The van der Waals surface area contributed by atoms with E-state index in [0.717, 1.165) is 0 Å². The lowest BCUT2D eigenvalue weighted by Crippen LogP contribution is -2.30. The van der Waals surface area contributed by atoms with Crippen LogP contribution in [-0.4, -0.2) is 22.3 Å². The number of phenolic OH excluding ortho intramolecular Hbond substituents is 1. The maximum atomic E-state index is 12.8. The fourth-order valence-electron chi connectivity index (χ4n) is 0.763. The van der Waals surface area contributed by atoms with Crippen molar-refractivity contribution in [2.45, 2.75) is 0 Å². The summed E-state index contributed by atoms with van der Waals surface area (Å²) in [6.45, 7) is 0. The fourth-order valence-corrected chi connectivity index (χ4v) is 1.08. The Bertz CT molecular complexity index is 305. The van der Waals surface area contributed by atoms with Crippen LogP contribution in [0.1, 0.15) is 0 Å². The predicted molar refractivity (Wildman–Crippen MR) is 45.6 cm³/mol. The van der Waals surface area contributed by atoms with E-state index in [0.29, 0.717) is 0 Å². The predicted octanol–water partition coefficient (Wildman–Crippen LogP) is -0.0264. The van der Waals surface area contributed by atoms with Crippen molar-refractivity contribution in [3.63, 3.8) is 0 Å². The largest absolute Gasteiger partial charge is 0.505 e. The van der Waals surface area contributed by atoms with Crippen LogP contribution >= 0.6 is 15.9 Å². The minimum atomic E-state index is -1.87. The van der Waals surface area contributed by atoms with Crippen LogP contribution in [0.2, 0.25) is 0 Å². The maximum Gasteiger partial charge on any atom is 0.492 e. The molecule has 0 heterocycles. The zero-order valence-electron chi connectivity index (χ0n) is 5.83. The van der Waals surface area contributed by atoms with Crippen LogP contribution in [0.15, 0.2) is 16.6 Å². The van der Waals surface area contributed by atoms with Gasteiger partial charge in [-0.2, -0.15) is 0 Å². The molecule has 0 spiro atoms. The van der Waals surface area contributed by atoms with Crippen LogP contribution in [0.25, 0.3) is 0 Å².